The topological polar surface area (TPSA) is 72.0 Å². The molecule has 1 aromatic carbocycles. The molecule has 0 saturated heterocycles. The number of aromatic nitrogens is 2. The number of aromatic hydroxyl groups is 1. The van der Waals surface area contributed by atoms with Crippen molar-refractivity contribution in [2.24, 2.45) is 0 Å². The zero-order chi connectivity index (χ0) is 11.4. The molecule has 4 nitrogen and oxygen atoms in total. The number of phenols is 1. The molecule has 0 atom stereocenters. The fourth-order valence-electron chi connectivity index (χ4n) is 1.19. The molecule has 2 aromatic rings. The predicted molar refractivity (Wildman–Crippen MR) is 64.1 cm³/mol. The van der Waals surface area contributed by atoms with E-state index in [0.717, 1.165) is 16.3 Å². The maximum Gasteiger partial charge on any atom is 0.156 e. The Morgan fingerprint density at radius 3 is 2.50 bits per heavy atom. The highest BCUT2D eigenvalue weighted by Crippen LogP contribution is 2.24. The molecule has 2 rings (SSSR count). The number of nitrogens with zero attached hydrogens (tertiary/aromatic N) is 2. The Kier molecular flexibility index (Phi) is 3.26. The van der Waals surface area contributed by atoms with E-state index in [4.69, 9.17) is 10.8 Å². The zero-order valence-corrected chi connectivity index (χ0v) is 9.31. The number of benzene rings is 1. The molecule has 0 radical (unpaired) electrons. The van der Waals surface area contributed by atoms with Crippen molar-refractivity contribution < 1.29 is 5.11 Å². The standard InChI is InChI=1S/C11H11N3OS/c12-10-11(14-6-5-13-10)16-7-8-1-3-9(15)4-2-8/h1-6,15H,7H2,(H2,12,13). The summed E-state index contributed by atoms with van der Waals surface area (Å²) in [5.41, 5.74) is 6.78. The number of rotatable bonds is 3. The summed E-state index contributed by atoms with van der Waals surface area (Å²) in [4.78, 5) is 8.10. The van der Waals surface area contributed by atoms with Crippen LogP contribution in [0.15, 0.2) is 41.7 Å². The second-order valence-electron chi connectivity index (χ2n) is 3.20. The molecule has 16 heavy (non-hydrogen) atoms. The van der Waals surface area contributed by atoms with Crippen LogP contribution < -0.4 is 5.73 Å². The number of phenolic OH excluding ortho intramolecular Hbond substituents is 1. The van der Waals surface area contributed by atoms with Crippen molar-refractivity contribution in [3.05, 3.63) is 42.2 Å². The van der Waals surface area contributed by atoms with E-state index in [1.165, 1.54) is 11.8 Å². The summed E-state index contributed by atoms with van der Waals surface area (Å²) < 4.78 is 0. The van der Waals surface area contributed by atoms with E-state index in [2.05, 4.69) is 9.97 Å². The normalized spacial score (nSPS) is 10.2. The molecule has 0 unspecified atom stereocenters. The van der Waals surface area contributed by atoms with E-state index in [9.17, 15) is 0 Å². The van der Waals surface area contributed by atoms with E-state index in [0.29, 0.717) is 5.82 Å². The minimum Gasteiger partial charge on any atom is -0.508 e. The lowest BCUT2D eigenvalue weighted by atomic mass is 10.2. The van der Waals surface area contributed by atoms with Crippen molar-refractivity contribution in [1.29, 1.82) is 0 Å². The van der Waals surface area contributed by atoms with Crippen molar-refractivity contribution in [2.75, 3.05) is 5.73 Å². The highest BCUT2D eigenvalue weighted by Gasteiger charge is 2.02. The summed E-state index contributed by atoms with van der Waals surface area (Å²) in [6.07, 6.45) is 3.19. The van der Waals surface area contributed by atoms with Gasteiger partial charge in [-0.25, -0.2) is 9.97 Å². The number of anilines is 1. The average Bonchev–Trinajstić information content (AvgIpc) is 2.30. The Balaban J connectivity index is 2.02. The molecule has 0 amide bonds. The predicted octanol–water partition coefficient (Wildman–Crippen LogP) is 2.06. The molecule has 0 spiro atoms. The first kappa shape index (κ1) is 10.8. The van der Waals surface area contributed by atoms with Crippen molar-refractivity contribution in [3.8, 4) is 5.75 Å². The Morgan fingerprint density at radius 1 is 1.12 bits per heavy atom. The lowest BCUT2D eigenvalue weighted by molar-refractivity contribution is 0.475. The van der Waals surface area contributed by atoms with Gasteiger partial charge >= 0.3 is 0 Å². The van der Waals surface area contributed by atoms with Gasteiger partial charge in [-0.3, -0.25) is 0 Å². The van der Waals surface area contributed by atoms with Crippen LogP contribution in [0.3, 0.4) is 0 Å². The fourth-order valence-corrected chi connectivity index (χ4v) is 2.02. The van der Waals surface area contributed by atoms with Crippen LogP contribution >= 0.6 is 11.8 Å². The summed E-state index contributed by atoms with van der Waals surface area (Å²) in [5.74, 6) is 1.47. The first-order valence-corrected chi connectivity index (χ1v) is 5.71. The number of hydrogen-bond donors (Lipinski definition) is 2. The number of hydrogen-bond acceptors (Lipinski definition) is 5. The summed E-state index contributed by atoms with van der Waals surface area (Å²) in [6.45, 7) is 0. The van der Waals surface area contributed by atoms with Gasteiger partial charge in [-0.05, 0) is 17.7 Å². The van der Waals surface area contributed by atoms with E-state index in [-0.39, 0.29) is 5.75 Å². The molecule has 1 heterocycles. The molecule has 1 aromatic heterocycles. The molecule has 0 aliphatic heterocycles. The summed E-state index contributed by atoms with van der Waals surface area (Å²) >= 11 is 1.53. The van der Waals surface area contributed by atoms with E-state index in [1.54, 1.807) is 24.5 Å². The summed E-state index contributed by atoms with van der Waals surface area (Å²) in [5, 5.41) is 9.87. The second-order valence-corrected chi connectivity index (χ2v) is 4.17. The van der Waals surface area contributed by atoms with Gasteiger partial charge in [0, 0.05) is 18.1 Å². The smallest absolute Gasteiger partial charge is 0.156 e. The van der Waals surface area contributed by atoms with Gasteiger partial charge in [0.2, 0.25) is 0 Å². The Morgan fingerprint density at radius 2 is 1.81 bits per heavy atom. The van der Waals surface area contributed by atoms with Crippen LogP contribution in [0.1, 0.15) is 5.56 Å². The van der Waals surface area contributed by atoms with Crippen LogP contribution in [0.5, 0.6) is 5.75 Å². The lowest BCUT2D eigenvalue weighted by Gasteiger charge is -2.03. The van der Waals surface area contributed by atoms with Gasteiger partial charge in [0.25, 0.3) is 0 Å². The Labute approximate surface area is 97.5 Å². The third-order valence-corrected chi connectivity index (χ3v) is 3.07. The van der Waals surface area contributed by atoms with Crippen molar-refractivity contribution >= 4 is 17.6 Å². The number of thioether (sulfide) groups is 1. The van der Waals surface area contributed by atoms with Crippen molar-refractivity contribution in [2.45, 2.75) is 10.8 Å². The Bertz CT molecular complexity index is 473. The minimum absolute atomic E-state index is 0.271. The van der Waals surface area contributed by atoms with Gasteiger partial charge < -0.3 is 10.8 Å². The van der Waals surface area contributed by atoms with Crippen LogP contribution in [0, 0.1) is 0 Å². The molecule has 0 aliphatic rings. The first-order valence-electron chi connectivity index (χ1n) is 4.73. The van der Waals surface area contributed by atoms with Gasteiger partial charge in [-0.2, -0.15) is 0 Å². The van der Waals surface area contributed by atoms with Crippen LogP contribution in [0.4, 0.5) is 5.82 Å². The molecule has 0 aliphatic carbocycles. The quantitative estimate of drug-likeness (QED) is 0.794. The highest BCUT2D eigenvalue weighted by molar-refractivity contribution is 7.98. The molecular weight excluding hydrogens is 222 g/mol. The number of nitrogens with two attached hydrogens (primary N) is 1. The van der Waals surface area contributed by atoms with Gasteiger partial charge in [0.1, 0.15) is 10.8 Å². The van der Waals surface area contributed by atoms with E-state index >= 15 is 0 Å². The van der Waals surface area contributed by atoms with Crippen molar-refractivity contribution in [3.63, 3.8) is 0 Å². The molecule has 0 saturated carbocycles. The van der Waals surface area contributed by atoms with Gasteiger partial charge in [0.05, 0.1) is 0 Å². The molecule has 0 fully saturated rings. The van der Waals surface area contributed by atoms with Crippen LogP contribution in [-0.2, 0) is 5.75 Å². The average molecular weight is 233 g/mol. The maximum atomic E-state index is 9.14. The highest BCUT2D eigenvalue weighted by atomic mass is 32.2. The monoisotopic (exact) mass is 233 g/mol. The minimum atomic E-state index is 0.271. The largest absolute Gasteiger partial charge is 0.508 e. The van der Waals surface area contributed by atoms with Crippen LogP contribution in [0.2, 0.25) is 0 Å². The van der Waals surface area contributed by atoms with Gasteiger partial charge in [-0.1, -0.05) is 23.9 Å². The molecule has 3 N–H and O–H groups in total. The molecule has 0 bridgehead atoms. The second kappa shape index (κ2) is 4.85. The summed E-state index contributed by atoms with van der Waals surface area (Å²) in [7, 11) is 0. The maximum absolute atomic E-state index is 9.14. The lowest BCUT2D eigenvalue weighted by Crippen LogP contribution is -1.94. The first-order chi connectivity index (χ1) is 7.75. The Hall–Kier alpha value is -1.75. The molecular formula is C11H11N3OS. The fraction of sp³-hybridized carbons (Fsp3) is 0.0909. The molecule has 82 valence electrons. The van der Waals surface area contributed by atoms with Crippen LogP contribution in [0.25, 0.3) is 0 Å². The summed E-state index contributed by atoms with van der Waals surface area (Å²) in [6, 6.07) is 7.07. The third kappa shape index (κ3) is 2.64. The zero-order valence-electron chi connectivity index (χ0n) is 8.50. The SMILES string of the molecule is Nc1nccnc1SCc1ccc(O)cc1. The van der Waals surface area contributed by atoms with Crippen LogP contribution in [-0.4, -0.2) is 15.1 Å². The van der Waals surface area contributed by atoms with E-state index in [1.807, 2.05) is 12.1 Å². The van der Waals surface area contributed by atoms with E-state index < -0.39 is 0 Å². The van der Waals surface area contributed by atoms with Gasteiger partial charge in [-0.15, -0.1) is 0 Å². The molecule has 5 heteroatoms. The van der Waals surface area contributed by atoms with Crippen molar-refractivity contribution in [1.82, 2.24) is 9.97 Å². The van der Waals surface area contributed by atoms with Gasteiger partial charge in [0.15, 0.2) is 5.82 Å². The third-order valence-electron chi connectivity index (χ3n) is 2.00. The number of nitrogen functional groups attached to an aromatic ring is 1.